The van der Waals surface area contributed by atoms with Crippen LogP contribution < -0.4 is 9.13 Å². The van der Waals surface area contributed by atoms with E-state index in [1.54, 1.807) is 0 Å². The normalized spacial score (nSPS) is 16.9. The molecule has 1 atom stereocenters. The fraction of sp³-hybridized carbons (Fsp3) is 0.0968. The minimum absolute atomic E-state index is 0.443. The lowest BCUT2D eigenvalue weighted by atomic mass is 9.90. The van der Waals surface area contributed by atoms with Gasteiger partial charge in [0, 0.05) is 23.3 Å². The Morgan fingerprint density at radius 3 is 1.88 bits per heavy atom. The zero-order valence-electron chi connectivity index (χ0n) is 18.8. The van der Waals surface area contributed by atoms with Crippen molar-refractivity contribution in [2.75, 3.05) is 0 Å². The molecule has 0 aliphatic carbocycles. The average molecular weight is 425 g/mol. The molecule has 2 nitrogen and oxygen atoms in total. The molecule has 1 unspecified atom stereocenters. The molecule has 0 N–H and O–H groups in total. The Bertz CT molecular complexity index is 1580. The Kier molecular flexibility index (Phi) is 3.64. The summed E-state index contributed by atoms with van der Waals surface area (Å²) in [7, 11) is 0. The van der Waals surface area contributed by atoms with Gasteiger partial charge in [-0.05, 0) is 55.3 Å². The van der Waals surface area contributed by atoms with Gasteiger partial charge in [-0.25, -0.2) is 0 Å². The molecule has 2 aliphatic heterocycles. The zero-order chi connectivity index (χ0) is 22.2. The number of pyridine rings is 2. The summed E-state index contributed by atoms with van der Waals surface area (Å²) < 4.78 is 5.01. The van der Waals surface area contributed by atoms with Crippen molar-refractivity contribution in [3.8, 4) is 33.6 Å². The first-order chi connectivity index (χ1) is 16.2. The Morgan fingerprint density at radius 1 is 0.545 bits per heavy atom. The predicted octanol–water partition coefficient (Wildman–Crippen LogP) is 5.80. The first-order valence-corrected chi connectivity index (χ1v) is 11.5. The Labute approximate surface area is 194 Å². The van der Waals surface area contributed by atoms with Crippen molar-refractivity contribution in [3.05, 3.63) is 132 Å². The lowest BCUT2D eigenvalue weighted by Gasteiger charge is -2.18. The van der Waals surface area contributed by atoms with Crippen LogP contribution in [-0.4, -0.2) is 0 Å². The van der Waals surface area contributed by atoms with E-state index in [0.717, 1.165) is 0 Å². The number of hydrogen-bond donors (Lipinski definition) is 0. The highest BCUT2D eigenvalue weighted by Gasteiger charge is 2.66. The third kappa shape index (κ3) is 2.28. The molecule has 2 heteroatoms. The maximum atomic E-state index is 2.52. The molecule has 0 radical (unpaired) electrons. The Morgan fingerprint density at radius 2 is 1.15 bits per heavy atom. The van der Waals surface area contributed by atoms with Crippen molar-refractivity contribution in [2.24, 2.45) is 0 Å². The van der Waals surface area contributed by atoms with Crippen molar-refractivity contribution in [1.82, 2.24) is 0 Å². The molecule has 0 amide bonds. The molecule has 0 fully saturated rings. The van der Waals surface area contributed by atoms with Crippen molar-refractivity contribution in [3.63, 3.8) is 0 Å². The molecular formula is C31H24N2+2. The topological polar surface area (TPSA) is 7.76 Å². The van der Waals surface area contributed by atoms with Gasteiger partial charge in [-0.15, -0.1) is 9.13 Å². The van der Waals surface area contributed by atoms with Gasteiger partial charge in [-0.1, -0.05) is 54.6 Å². The molecule has 3 aromatic carbocycles. The van der Waals surface area contributed by atoms with E-state index in [1.165, 1.54) is 55.9 Å². The summed E-state index contributed by atoms with van der Waals surface area (Å²) in [6, 6.07) is 35.4. The first kappa shape index (κ1) is 18.5. The van der Waals surface area contributed by atoms with Gasteiger partial charge in [0.05, 0.1) is 11.1 Å². The van der Waals surface area contributed by atoms with Crippen LogP contribution >= 0.6 is 0 Å². The molecular weight excluding hydrogens is 400 g/mol. The zero-order valence-corrected chi connectivity index (χ0v) is 18.8. The Hall–Kier alpha value is -4.04. The van der Waals surface area contributed by atoms with Crippen molar-refractivity contribution < 1.29 is 9.13 Å². The molecule has 2 aromatic heterocycles. The first-order valence-electron chi connectivity index (χ1n) is 11.5. The SMILES string of the molecule is Cc1ccc2[n+](c1)C1(c3ccccc3-2)c2ccccc2-c2cc(C)c(-c3ccccc3)c[n+]21. The van der Waals surface area contributed by atoms with Crippen LogP contribution in [0, 0.1) is 13.8 Å². The minimum Gasteiger partial charge on any atom is -0.125 e. The smallest absolute Gasteiger partial charge is 0.125 e. The summed E-state index contributed by atoms with van der Waals surface area (Å²) in [6.07, 6.45) is 4.69. The van der Waals surface area contributed by atoms with E-state index in [-0.39, 0.29) is 0 Å². The maximum Gasteiger partial charge on any atom is 0.417 e. The summed E-state index contributed by atoms with van der Waals surface area (Å²) in [5.74, 6) is 0. The van der Waals surface area contributed by atoms with Crippen LogP contribution in [0.4, 0.5) is 0 Å². The quantitative estimate of drug-likeness (QED) is 0.294. The van der Waals surface area contributed by atoms with Gasteiger partial charge in [0.2, 0.25) is 11.4 Å². The van der Waals surface area contributed by atoms with Gasteiger partial charge >= 0.3 is 5.66 Å². The van der Waals surface area contributed by atoms with Gasteiger partial charge in [-0.2, -0.15) is 0 Å². The fourth-order valence-corrected chi connectivity index (χ4v) is 5.94. The third-order valence-electron chi connectivity index (χ3n) is 7.33. The summed E-state index contributed by atoms with van der Waals surface area (Å²) in [6.45, 7) is 4.41. The van der Waals surface area contributed by atoms with Crippen LogP contribution in [-0.2, 0) is 5.66 Å². The molecule has 0 saturated carbocycles. The van der Waals surface area contributed by atoms with Gasteiger partial charge in [0.15, 0.2) is 12.4 Å². The van der Waals surface area contributed by atoms with Gasteiger partial charge < -0.3 is 0 Å². The number of aryl methyl sites for hydroxylation is 2. The summed E-state index contributed by atoms with van der Waals surface area (Å²) >= 11 is 0. The number of rotatable bonds is 1. The molecule has 7 rings (SSSR count). The number of hydrogen-bond acceptors (Lipinski definition) is 0. The molecule has 1 spiro atoms. The van der Waals surface area contributed by atoms with Gasteiger partial charge in [-0.3, -0.25) is 0 Å². The Balaban J connectivity index is 1.67. The van der Waals surface area contributed by atoms with E-state index in [4.69, 9.17) is 0 Å². The molecule has 5 aromatic rings. The monoisotopic (exact) mass is 424 g/mol. The highest BCUT2D eigenvalue weighted by molar-refractivity contribution is 5.75. The molecule has 0 saturated heterocycles. The largest absolute Gasteiger partial charge is 0.417 e. The van der Waals surface area contributed by atoms with Crippen LogP contribution in [0.3, 0.4) is 0 Å². The highest BCUT2D eigenvalue weighted by atomic mass is 15.3. The fourth-order valence-electron chi connectivity index (χ4n) is 5.94. The number of aromatic nitrogens is 2. The predicted molar refractivity (Wildman–Crippen MR) is 131 cm³/mol. The number of benzene rings is 3. The molecule has 0 bridgehead atoms. The van der Waals surface area contributed by atoms with E-state index in [1.807, 2.05) is 0 Å². The van der Waals surface area contributed by atoms with Gasteiger partial charge in [0.1, 0.15) is 11.1 Å². The number of fused-ring (bicyclic) bond motifs is 10. The third-order valence-corrected chi connectivity index (χ3v) is 7.33. The van der Waals surface area contributed by atoms with Crippen molar-refractivity contribution in [1.29, 1.82) is 0 Å². The van der Waals surface area contributed by atoms with Crippen LogP contribution in [0.15, 0.2) is 109 Å². The van der Waals surface area contributed by atoms with E-state index in [2.05, 4.69) is 132 Å². The van der Waals surface area contributed by atoms with Gasteiger partial charge in [0.25, 0.3) is 0 Å². The second-order valence-corrected chi connectivity index (χ2v) is 9.22. The summed E-state index contributed by atoms with van der Waals surface area (Å²) in [5, 5.41) is 0. The second kappa shape index (κ2) is 6.49. The van der Waals surface area contributed by atoms with Crippen LogP contribution in [0.5, 0.6) is 0 Å². The maximum absolute atomic E-state index is 2.52. The molecule has 2 aliphatic rings. The average Bonchev–Trinajstić information content (AvgIpc) is 3.30. The van der Waals surface area contributed by atoms with E-state index < -0.39 is 5.66 Å². The van der Waals surface area contributed by atoms with E-state index >= 15 is 0 Å². The van der Waals surface area contributed by atoms with E-state index in [9.17, 15) is 0 Å². The standard InChI is InChI=1S/C31H24N2/c1-21-16-17-29-24-12-6-8-14-27(24)31(32(29)19-21)28-15-9-7-13-25(28)30-18-22(2)26(20-33(30)31)23-10-4-3-5-11-23/h3-20H,1-2H3/q+2. The molecule has 156 valence electrons. The van der Waals surface area contributed by atoms with Crippen molar-refractivity contribution in [2.45, 2.75) is 19.5 Å². The van der Waals surface area contributed by atoms with Crippen LogP contribution in [0.2, 0.25) is 0 Å². The lowest BCUT2D eigenvalue weighted by Crippen LogP contribution is -2.71. The molecule has 33 heavy (non-hydrogen) atoms. The van der Waals surface area contributed by atoms with Crippen LogP contribution in [0.25, 0.3) is 33.6 Å². The number of nitrogens with zero attached hydrogens (tertiary/aromatic N) is 2. The highest BCUT2D eigenvalue weighted by Crippen LogP contribution is 2.47. The van der Waals surface area contributed by atoms with Crippen LogP contribution in [0.1, 0.15) is 22.3 Å². The lowest BCUT2D eigenvalue weighted by molar-refractivity contribution is -0.955. The summed E-state index contributed by atoms with van der Waals surface area (Å²) in [5.41, 5.74) is 12.4. The summed E-state index contributed by atoms with van der Waals surface area (Å²) in [4.78, 5) is 0. The molecule has 4 heterocycles. The van der Waals surface area contributed by atoms with E-state index in [0.29, 0.717) is 0 Å². The second-order valence-electron chi connectivity index (χ2n) is 9.22. The minimum atomic E-state index is -0.443. The van der Waals surface area contributed by atoms with Crippen molar-refractivity contribution >= 4 is 0 Å².